The molecule has 0 atom stereocenters. The number of thiophene rings is 1. The Labute approximate surface area is 164 Å². The van der Waals surface area contributed by atoms with Crippen molar-refractivity contribution in [2.45, 2.75) is 6.61 Å². The van der Waals surface area contributed by atoms with Crippen molar-refractivity contribution in [1.82, 2.24) is 34.6 Å². The Morgan fingerprint density at radius 2 is 1.93 bits per heavy atom. The zero-order valence-corrected chi connectivity index (χ0v) is 15.7. The molecule has 0 aliphatic rings. The van der Waals surface area contributed by atoms with Gasteiger partial charge in [0, 0.05) is 12.6 Å². The predicted octanol–water partition coefficient (Wildman–Crippen LogP) is 3.23. The number of rotatable bonds is 5. The zero-order chi connectivity index (χ0) is 18.9. The second kappa shape index (κ2) is 6.86. The van der Waals surface area contributed by atoms with E-state index in [1.165, 1.54) is 0 Å². The van der Waals surface area contributed by atoms with Crippen LogP contribution in [0, 0.1) is 0 Å². The van der Waals surface area contributed by atoms with Crippen LogP contribution in [0.3, 0.4) is 0 Å². The molecule has 138 valence electrons. The second-order valence-electron chi connectivity index (χ2n) is 6.16. The molecule has 0 N–H and O–H groups in total. The molecule has 0 aliphatic heterocycles. The minimum Gasteiger partial charge on any atom is -0.468 e. The molecule has 1 aromatic carbocycles. The van der Waals surface area contributed by atoms with E-state index < -0.39 is 0 Å². The van der Waals surface area contributed by atoms with Crippen LogP contribution in [0.25, 0.3) is 28.2 Å². The SMILES string of the molecule is Cn1cnc(COc2nn3c(-c4ccccc4)nnc3cc2-c2ccsc2)n1. The van der Waals surface area contributed by atoms with Crippen LogP contribution in [-0.2, 0) is 13.7 Å². The monoisotopic (exact) mass is 389 g/mol. The normalized spacial score (nSPS) is 11.2. The molecular formula is C19H15N7OS. The van der Waals surface area contributed by atoms with Crippen molar-refractivity contribution in [3.05, 3.63) is 65.4 Å². The number of ether oxygens (including phenoxy) is 1. The molecule has 8 nitrogen and oxygen atoms in total. The third kappa shape index (κ3) is 3.01. The lowest BCUT2D eigenvalue weighted by Crippen LogP contribution is -2.05. The first-order valence-corrected chi connectivity index (χ1v) is 9.54. The lowest BCUT2D eigenvalue weighted by Gasteiger charge is -2.09. The number of benzene rings is 1. The number of aryl methyl sites for hydroxylation is 1. The molecule has 0 saturated heterocycles. The van der Waals surface area contributed by atoms with Crippen LogP contribution >= 0.6 is 11.3 Å². The fourth-order valence-corrected chi connectivity index (χ4v) is 3.55. The van der Waals surface area contributed by atoms with Gasteiger partial charge in [0.15, 0.2) is 23.9 Å². The van der Waals surface area contributed by atoms with Crippen LogP contribution in [0.2, 0.25) is 0 Å². The molecule has 0 fully saturated rings. The van der Waals surface area contributed by atoms with Gasteiger partial charge in [-0.05, 0) is 28.5 Å². The molecule has 5 aromatic rings. The summed E-state index contributed by atoms with van der Waals surface area (Å²) in [5.41, 5.74) is 3.47. The maximum Gasteiger partial charge on any atom is 0.240 e. The van der Waals surface area contributed by atoms with Gasteiger partial charge < -0.3 is 4.74 Å². The standard InChI is InChI=1S/C19H15N7OS/c1-25-12-20-16(23-25)10-27-19-15(14-7-8-28-11-14)9-17-21-22-18(26(17)24-19)13-5-3-2-4-6-13/h2-9,11-12H,10H2,1H3. The van der Waals surface area contributed by atoms with E-state index in [1.54, 1.807) is 26.9 Å². The molecule has 5 rings (SSSR count). The molecule has 0 bridgehead atoms. The van der Waals surface area contributed by atoms with E-state index in [2.05, 4.69) is 20.3 Å². The first-order chi connectivity index (χ1) is 13.8. The number of fused-ring (bicyclic) bond motifs is 1. The summed E-state index contributed by atoms with van der Waals surface area (Å²) in [4.78, 5) is 4.21. The fraction of sp³-hybridized carbons (Fsp3) is 0.105. The Kier molecular flexibility index (Phi) is 4.06. The van der Waals surface area contributed by atoms with Gasteiger partial charge in [-0.15, -0.1) is 15.3 Å². The summed E-state index contributed by atoms with van der Waals surface area (Å²) in [6, 6.07) is 13.8. The molecule has 28 heavy (non-hydrogen) atoms. The highest BCUT2D eigenvalue weighted by Gasteiger charge is 2.17. The number of hydrogen-bond acceptors (Lipinski definition) is 7. The largest absolute Gasteiger partial charge is 0.468 e. The van der Waals surface area contributed by atoms with Crippen molar-refractivity contribution in [3.8, 4) is 28.4 Å². The molecule has 4 aromatic heterocycles. The Hall–Kier alpha value is -3.59. The molecule has 0 amide bonds. The highest BCUT2D eigenvalue weighted by molar-refractivity contribution is 7.08. The molecule has 0 spiro atoms. The van der Waals surface area contributed by atoms with E-state index >= 15 is 0 Å². The predicted molar refractivity (Wildman–Crippen MR) is 105 cm³/mol. The van der Waals surface area contributed by atoms with Gasteiger partial charge in [0.1, 0.15) is 6.33 Å². The van der Waals surface area contributed by atoms with Crippen molar-refractivity contribution in [2.24, 2.45) is 7.05 Å². The van der Waals surface area contributed by atoms with Gasteiger partial charge in [-0.3, -0.25) is 4.68 Å². The minimum absolute atomic E-state index is 0.222. The number of aromatic nitrogens is 7. The fourth-order valence-electron chi connectivity index (χ4n) is 2.90. The van der Waals surface area contributed by atoms with Crippen LogP contribution in [-0.4, -0.2) is 34.6 Å². The lowest BCUT2D eigenvalue weighted by atomic mass is 10.1. The van der Waals surface area contributed by atoms with Crippen LogP contribution in [0.15, 0.2) is 59.6 Å². The molecule has 9 heteroatoms. The summed E-state index contributed by atoms with van der Waals surface area (Å²) >= 11 is 1.61. The summed E-state index contributed by atoms with van der Waals surface area (Å²) in [5.74, 6) is 1.73. The average molecular weight is 389 g/mol. The van der Waals surface area contributed by atoms with Crippen molar-refractivity contribution in [3.63, 3.8) is 0 Å². The highest BCUT2D eigenvalue weighted by atomic mass is 32.1. The van der Waals surface area contributed by atoms with Crippen molar-refractivity contribution < 1.29 is 4.74 Å². The van der Waals surface area contributed by atoms with E-state index in [-0.39, 0.29) is 6.61 Å². The molecule has 0 unspecified atom stereocenters. The lowest BCUT2D eigenvalue weighted by molar-refractivity contribution is 0.281. The van der Waals surface area contributed by atoms with Crippen molar-refractivity contribution in [2.75, 3.05) is 0 Å². The maximum absolute atomic E-state index is 6.01. The van der Waals surface area contributed by atoms with E-state index in [1.807, 2.05) is 60.3 Å². The van der Waals surface area contributed by atoms with Crippen LogP contribution in [0.5, 0.6) is 5.88 Å². The molecule has 0 saturated carbocycles. The Morgan fingerprint density at radius 1 is 1.04 bits per heavy atom. The summed E-state index contributed by atoms with van der Waals surface area (Å²) in [6.45, 7) is 0.222. The van der Waals surface area contributed by atoms with Crippen molar-refractivity contribution >= 4 is 17.0 Å². The van der Waals surface area contributed by atoms with Crippen LogP contribution < -0.4 is 4.74 Å². The summed E-state index contributed by atoms with van der Waals surface area (Å²) < 4.78 is 9.35. The third-order valence-corrected chi connectivity index (χ3v) is 4.89. The average Bonchev–Trinajstić information content (AvgIpc) is 3.47. The van der Waals surface area contributed by atoms with E-state index in [9.17, 15) is 0 Å². The van der Waals surface area contributed by atoms with E-state index in [0.29, 0.717) is 23.2 Å². The summed E-state index contributed by atoms with van der Waals surface area (Å²) in [5, 5.41) is 21.6. The highest BCUT2D eigenvalue weighted by Crippen LogP contribution is 2.32. The summed E-state index contributed by atoms with van der Waals surface area (Å²) in [6.07, 6.45) is 1.64. The Balaban J connectivity index is 1.61. The van der Waals surface area contributed by atoms with Crippen LogP contribution in [0.4, 0.5) is 0 Å². The molecule has 0 radical (unpaired) electrons. The van der Waals surface area contributed by atoms with Gasteiger partial charge in [-0.1, -0.05) is 30.3 Å². The van der Waals surface area contributed by atoms with Gasteiger partial charge in [-0.25, -0.2) is 4.98 Å². The number of nitrogens with zero attached hydrogens (tertiary/aromatic N) is 7. The maximum atomic E-state index is 6.01. The van der Waals surface area contributed by atoms with Gasteiger partial charge in [0.2, 0.25) is 5.88 Å². The minimum atomic E-state index is 0.222. The van der Waals surface area contributed by atoms with Gasteiger partial charge >= 0.3 is 0 Å². The van der Waals surface area contributed by atoms with Gasteiger partial charge in [0.25, 0.3) is 0 Å². The van der Waals surface area contributed by atoms with Crippen LogP contribution in [0.1, 0.15) is 5.82 Å². The Bertz CT molecular complexity index is 1230. The first-order valence-electron chi connectivity index (χ1n) is 8.60. The van der Waals surface area contributed by atoms with E-state index in [4.69, 9.17) is 9.84 Å². The van der Waals surface area contributed by atoms with Gasteiger partial charge in [0.05, 0.1) is 5.56 Å². The third-order valence-electron chi connectivity index (χ3n) is 4.21. The quantitative estimate of drug-likeness (QED) is 0.459. The second-order valence-corrected chi connectivity index (χ2v) is 6.94. The molecular weight excluding hydrogens is 374 g/mol. The van der Waals surface area contributed by atoms with Crippen molar-refractivity contribution in [1.29, 1.82) is 0 Å². The topological polar surface area (TPSA) is 83.0 Å². The van der Waals surface area contributed by atoms with Gasteiger partial charge in [-0.2, -0.15) is 21.0 Å². The smallest absolute Gasteiger partial charge is 0.240 e. The van der Waals surface area contributed by atoms with E-state index in [0.717, 1.165) is 16.7 Å². The molecule has 0 aliphatic carbocycles. The Morgan fingerprint density at radius 3 is 2.68 bits per heavy atom. The summed E-state index contributed by atoms with van der Waals surface area (Å²) in [7, 11) is 1.82. The zero-order valence-electron chi connectivity index (χ0n) is 14.9. The first kappa shape index (κ1) is 16.6. The molecule has 4 heterocycles. The number of hydrogen-bond donors (Lipinski definition) is 0.